The van der Waals surface area contributed by atoms with Crippen molar-refractivity contribution in [1.29, 1.82) is 0 Å². The van der Waals surface area contributed by atoms with Crippen molar-refractivity contribution in [2.45, 2.75) is 44.9 Å². The van der Waals surface area contributed by atoms with Gasteiger partial charge in [-0.1, -0.05) is 22.6 Å². The maximum absolute atomic E-state index is 11.6. The van der Waals surface area contributed by atoms with Crippen LogP contribution >= 0.6 is 22.6 Å². The summed E-state index contributed by atoms with van der Waals surface area (Å²) in [7, 11) is -0.961. The highest BCUT2D eigenvalue weighted by Crippen LogP contribution is 2.14. The Bertz CT molecular complexity index is 174. The molecule has 0 amide bonds. The van der Waals surface area contributed by atoms with Crippen LogP contribution in [0.1, 0.15) is 34.6 Å². The summed E-state index contributed by atoms with van der Waals surface area (Å²) in [6.45, 7) is 10.0. The molecule has 1 unspecified atom stereocenters. The van der Waals surface area contributed by atoms with Crippen LogP contribution in [0.15, 0.2) is 0 Å². The summed E-state index contributed by atoms with van der Waals surface area (Å²) in [4.78, 5) is 0. The third kappa shape index (κ3) is 4.77. The fraction of sp³-hybridized carbons (Fsp3) is 1.00. The number of hydrogen-bond donors (Lipinski definition) is 1. The van der Waals surface area contributed by atoms with Gasteiger partial charge in [-0.2, -0.15) is 0 Å². The number of rotatable bonds is 3. The van der Waals surface area contributed by atoms with E-state index in [0.29, 0.717) is 0 Å². The second-order valence-corrected chi connectivity index (χ2v) is 7.23. The lowest BCUT2D eigenvalue weighted by Crippen LogP contribution is -2.47. The Kier molecular flexibility index (Phi) is 4.68. The molecule has 0 fully saturated rings. The molecular weight excluding hydrogens is 285 g/mol. The van der Waals surface area contributed by atoms with Gasteiger partial charge in [0.1, 0.15) is 0 Å². The molecule has 0 saturated heterocycles. The first-order valence-corrected chi connectivity index (χ1v) is 6.62. The summed E-state index contributed by atoms with van der Waals surface area (Å²) < 4.78 is 15.5. The fourth-order valence-corrected chi connectivity index (χ4v) is 1.76. The number of hydrogen-bond acceptors (Lipinski definition) is 1. The predicted octanol–water partition coefficient (Wildman–Crippen LogP) is 2.25. The zero-order valence-electron chi connectivity index (χ0n) is 8.40. The molecule has 0 saturated carbocycles. The Morgan fingerprint density at radius 3 is 1.92 bits per heavy atom. The van der Waals surface area contributed by atoms with Crippen LogP contribution in [0.25, 0.3) is 0 Å². The molecule has 74 valence electrons. The first kappa shape index (κ1) is 12.8. The molecule has 0 aromatic heterocycles. The Hall–Kier alpha value is 0.840. The van der Waals surface area contributed by atoms with Crippen molar-refractivity contribution in [1.82, 2.24) is 4.72 Å². The largest absolute Gasteiger partial charge is 0.242 e. The van der Waals surface area contributed by atoms with E-state index < -0.39 is 11.0 Å². The molecule has 0 aromatic rings. The summed E-state index contributed by atoms with van der Waals surface area (Å²) >= 11 is 2.29. The lowest BCUT2D eigenvalue weighted by Gasteiger charge is -2.28. The van der Waals surface area contributed by atoms with E-state index in [1.807, 2.05) is 20.8 Å². The second-order valence-electron chi connectivity index (χ2n) is 4.50. The molecule has 0 spiro atoms. The van der Waals surface area contributed by atoms with Gasteiger partial charge < -0.3 is 0 Å². The normalized spacial score (nSPS) is 16.2. The monoisotopic (exact) mass is 303 g/mol. The highest BCUT2D eigenvalue weighted by molar-refractivity contribution is 14.1. The molecule has 0 aliphatic heterocycles. The Morgan fingerprint density at radius 1 is 1.25 bits per heavy atom. The quantitative estimate of drug-likeness (QED) is 0.629. The molecule has 0 aliphatic carbocycles. The van der Waals surface area contributed by atoms with Crippen LogP contribution < -0.4 is 4.72 Å². The third-order valence-electron chi connectivity index (χ3n) is 1.26. The summed E-state index contributed by atoms with van der Waals surface area (Å²) in [5.74, 6) is 0. The van der Waals surface area contributed by atoms with Crippen molar-refractivity contribution in [3.05, 3.63) is 0 Å². The number of nitrogens with one attached hydrogen (secondary N) is 1. The molecular formula is C8H18INOS. The molecule has 1 atom stereocenters. The van der Waals surface area contributed by atoms with Gasteiger partial charge in [0.15, 0.2) is 0 Å². The van der Waals surface area contributed by atoms with Gasteiger partial charge in [0.2, 0.25) is 0 Å². The fourth-order valence-electron chi connectivity index (χ4n) is 0.431. The molecule has 1 N–H and O–H groups in total. The Morgan fingerprint density at radius 2 is 1.67 bits per heavy atom. The average Bonchev–Trinajstić information content (AvgIpc) is 1.85. The lowest BCUT2D eigenvalue weighted by atomic mass is 10.1. The van der Waals surface area contributed by atoms with Gasteiger partial charge in [0, 0.05) is 9.97 Å². The van der Waals surface area contributed by atoms with E-state index in [1.165, 1.54) is 0 Å². The molecule has 2 nitrogen and oxygen atoms in total. The zero-order chi connectivity index (χ0) is 9.99. The molecule has 0 aromatic carbocycles. The van der Waals surface area contributed by atoms with E-state index in [2.05, 4.69) is 41.2 Å². The van der Waals surface area contributed by atoms with E-state index >= 15 is 0 Å². The maximum Gasteiger partial charge on any atom is 0.0975 e. The first-order valence-electron chi connectivity index (χ1n) is 3.95. The first-order chi connectivity index (χ1) is 5.19. The van der Waals surface area contributed by atoms with Gasteiger partial charge in [-0.05, 0) is 34.6 Å². The molecule has 0 bridgehead atoms. The summed E-state index contributed by atoms with van der Waals surface area (Å²) in [5, 5.41) is 0. The van der Waals surface area contributed by atoms with Crippen LogP contribution in [-0.2, 0) is 11.0 Å². The van der Waals surface area contributed by atoms with Crippen LogP contribution in [0.2, 0.25) is 0 Å². The summed E-state index contributed by atoms with van der Waals surface area (Å²) in [6.07, 6.45) is 0. The zero-order valence-corrected chi connectivity index (χ0v) is 11.4. The van der Waals surface area contributed by atoms with E-state index in [0.717, 1.165) is 4.43 Å². The van der Waals surface area contributed by atoms with Crippen molar-refractivity contribution in [2.24, 2.45) is 0 Å². The summed E-state index contributed by atoms with van der Waals surface area (Å²) in [5.41, 5.74) is -0.0430. The van der Waals surface area contributed by atoms with Gasteiger partial charge in [-0.15, -0.1) is 0 Å². The maximum atomic E-state index is 11.6. The van der Waals surface area contributed by atoms with E-state index in [1.54, 1.807) is 0 Å². The minimum absolute atomic E-state index is 0.0430. The van der Waals surface area contributed by atoms with Crippen molar-refractivity contribution >= 4 is 33.6 Å². The second kappa shape index (κ2) is 4.37. The summed E-state index contributed by atoms with van der Waals surface area (Å²) in [6, 6.07) is 0. The minimum atomic E-state index is -0.961. The molecule has 4 heteroatoms. The molecule has 0 rings (SSSR count). The van der Waals surface area contributed by atoms with Gasteiger partial charge in [-0.3, -0.25) is 0 Å². The van der Waals surface area contributed by atoms with E-state index in [-0.39, 0.29) is 10.3 Å². The molecule has 0 aliphatic rings. The van der Waals surface area contributed by atoms with E-state index in [9.17, 15) is 4.21 Å². The Balaban J connectivity index is 4.20. The predicted molar refractivity (Wildman–Crippen MR) is 64.0 cm³/mol. The van der Waals surface area contributed by atoms with Crippen molar-refractivity contribution < 1.29 is 4.21 Å². The van der Waals surface area contributed by atoms with Crippen molar-refractivity contribution in [3.8, 4) is 0 Å². The Labute approximate surface area is 91.6 Å². The van der Waals surface area contributed by atoms with Crippen molar-refractivity contribution in [3.63, 3.8) is 0 Å². The van der Waals surface area contributed by atoms with Crippen LogP contribution in [0, 0.1) is 0 Å². The van der Waals surface area contributed by atoms with Crippen LogP contribution in [-0.4, -0.2) is 18.9 Å². The van der Waals surface area contributed by atoms with Gasteiger partial charge in [0.05, 0.1) is 15.7 Å². The van der Waals surface area contributed by atoms with Crippen LogP contribution in [0.3, 0.4) is 0 Å². The van der Waals surface area contributed by atoms with Gasteiger partial charge >= 0.3 is 0 Å². The molecule has 0 heterocycles. The van der Waals surface area contributed by atoms with Crippen LogP contribution in [0.5, 0.6) is 0 Å². The van der Waals surface area contributed by atoms with Crippen molar-refractivity contribution in [2.75, 3.05) is 4.43 Å². The number of halogens is 1. The third-order valence-corrected chi connectivity index (χ3v) is 5.02. The van der Waals surface area contributed by atoms with Gasteiger partial charge in [-0.25, -0.2) is 8.93 Å². The molecule has 12 heavy (non-hydrogen) atoms. The lowest BCUT2D eigenvalue weighted by molar-refractivity contribution is 0.524. The topological polar surface area (TPSA) is 29.1 Å². The SMILES string of the molecule is CC(C)(CI)NS(=O)C(C)(C)C. The standard InChI is InChI=1S/C8H18INOS/c1-7(2,3)12(11)10-8(4,5)6-9/h10H,6H2,1-5H3. The van der Waals surface area contributed by atoms with Gasteiger partial charge in [0.25, 0.3) is 0 Å². The van der Waals surface area contributed by atoms with E-state index in [4.69, 9.17) is 0 Å². The number of alkyl halides is 1. The average molecular weight is 303 g/mol. The highest BCUT2D eigenvalue weighted by atomic mass is 127. The smallest absolute Gasteiger partial charge is 0.0975 e. The highest BCUT2D eigenvalue weighted by Gasteiger charge is 2.26. The minimum Gasteiger partial charge on any atom is -0.242 e. The molecule has 0 radical (unpaired) electrons. The van der Waals surface area contributed by atoms with Crippen LogP contribution in [0.4, 0.5) is 0 Å².